The summed E-state index contributed by atoms with van der Waals surface area (Å²) in [7, 11) is 0. The second-order valence-electron chi connectivity index (χ2n) is 1.60. The lowest BCUT2D eigenvalue weighted by Gasteiger charge is -1.97. The molecule has 7 heavy (non-hydrogen) atoms. The molecule has 2 nitrogen and oxygen atoms in total. The lowest BCUT2D eigenvalue weighted by Crippen LogP contribution is -2.86. The third-order valence-electron chi connectivity index (χ3n) is 0.952. The van der Waals surface area contributed by atoms with Crippen molar-refractivity contribution in [3.05, 3.63) is 12.2 Å². The summed E-state index contributed by atoms with van der Waals surface area (Å²) in [5.74, 6) is 0.228. The van der Waals surface area contributed by atoms with Crippen LogP contribution in [0, 0.1) is 0 Å². The predicted octanol–water partition coefficient (Wildman–Crippen LogP) is -1.31. The van der Waals surface area contributed by atoms with Crippen LogP contribution >= 0.6 is 0 Å². The van der Waals surface area contributed by atoms with Crippen LogP contribution in [-0.2, 0) is 4.79 Å². The molecule has 2 heteroatoms. The van der Waals surface area contributed by atoms with Crippen LogP contribution < -0.4 is 5.32 Å². The van der Waals surface area contributed by atoms with Gasteiger partial charge in [-0.25, -0.2) is 0 Å². The van der Waals surface area contributed by atoms with Gasteiger partial charge in [-0.05, 0) is 12.2 Å². The second-order valence-corrected chi connectivity index (χ2v) is 1.60. The first kappa shape index (κ1) is 4.53. The smallest absolute Gasteiger partial charge is 0.209 e. The van der Waals surface area contributed by atoms with Crippen molar-refractivity contribution in [1.82, 2.24) is 0 Å². The number of quaternary nitrogens is 1. The monoisotopic (exact) mass is 98.1 g/mol. The van der Waals surface area contributed by atoms with E-state index in [1.54, 1.807) is 6.08 Å². The molecular weight excluding hydrogens is 90.1 g/mol. The van der Waals surface area contributed by atoms with E-state index in [4.69, 9.17) is 0 Å². The van der Waals surface area contributed by atoms with Gasteiger partial charge < -0.3 is 5.32 Å². The average Bonchev–Trinajstić information content (AvgIpc) is 1.69. The Morgan fingerprint density at radius 1 is 1.71 bits per heavy atom. The number of carbonyl (C=O) groups excluding carboxylic acids is 1. The Hall–Kier alpha value is -0.630. The lowest BCUT2D eigenvalue weighted by molar-refractivity contribution is -0.635. The van der Waals surface area contributed by atoms with Gasteiger partial charge in [0.25, 0.3) is 0 Å². The predicted molar refractivity (Wildman–Crippen MR) is 25.8 cm³/mol. The first-order valence-corrected chi connectivity index (χ1v) is 2.40. The van der Waals surface area contributed by atoms with Crippen LogP contribution in [0.1, 0.15) is 0 Å². The number of nitrogens with two attached hydrogens (primary N) is 1. The van der Waals surface area contributed by atoms with Crippen LogP contribution in [0.15, 0.2) is 12.2 Å². The number of hydrogen-bond donors (Lipinski definition) is 1. The summed E-state index contributed by atoms with van der Waals surface area (Å²) in [5, 5.41) is 1.97. The van der Waals surface area contributed by atoms with Gasteiger partial charge in [0.05, 0.1) is 6.54 Å². The third-order valence-corrected chi connectivity index (χ3v) is 0.952. The van der Waals surface area contributed by atoms with Crippen molar-refractivity contribution < 1.29 is 10.1 Å². The molecule has 0 unspecified atom stereocenters. The number of ketones is 1. The van der Waals surface area contributed by atoms with E-state index in [2.05, 4.69) is 0 Å². The quantitative estimate of drug-likeness (QED) is 0.401. The molecule has 1 heterocycles. The summed E-state index contributed by atoms with van der Waals surface area (Å²) in [5.41, 5.74) is 0. The van der Waals surface area contributed by atoms with Gasteiger partial charge in [-0.2, -0.15) is 0 Å². The summed E-state index contributed by atoms with van der Waals surface area (Å²) < 4.78 is 0. The molecule has 1 aliphatic rings. The standard InChI is InChI=1S/C5H7NO/c7-5-2-1-3-6-4-5/h1-2,6H,3-4H2/p+1. The molecule has 2 N–H and O–H groups in total. The van der Waals surface area contributed by atoms with Gasteiger partial charge in [-0.15, -0.1) is 0 Å². The summed E-state index contributed by atoms with van der Waals surface area (Å²) >= 11 is 0. The van der Waals surface area contributed by atoms with Crippen molar-refractivity contribution >= 4 is 5.78 Å². The highest BCUT2D eigenvalue weighted by atomic mass is 16.1. The first-order chi connectivity index (χ1) is 3.39. The van der Waals surface area contributed by atoms with E-state index < -0.39 is 0 Å². The molecule has 0 spiro atoms. The molecule has 0 aromatic heterocycles. The van der Waals surface area contributed by atoms with Crippen molar-refractivity contribution in [3.63, 3.8) is 0 Å². The number of hydrogen-bond acceptors (Lipinski definition) is 1. The molecule has 0 amide bonds. The van der Waals surface area contributed by atoms with E-state index in [9.17, 15) is 4.79 Å². The van der Waals surface area contributed by atoms with Crippen LogP contribution in [0.3, 0.4) is 0 Å². The Bertz CT molecular complexity index is 107. The van der Waals surface area contributed by atoms with Crippen LogP contribution in [0.2, 0.25) is 0 Å². The maximum atomic E-state index is 10.3. The van der Waals surface area contributed by atoms with E-state index in [1.807, 2.05) is 11.4 Å². The normalized spacial score (nSPS) is 20.3. The molecular formula is C5H8NO+. The van der Waals surface area contributed by atoms with E-state index >= 15 is 0 Å². The molecule has 0 aromatic carbocycles. The summed E-state index contributed by atoms with van der Waals surface area (Å²) in [4.78, 5) is 10.3. The van der Waals surface area contributed by atoms with Crippen molar-refractivity contribution in [2.45, 2.75) is 0 Å². The fraction of sp³-hybridized carbons (Fsp3) is 0.400. The van der Waals surface area contributed by atoms with E-state index in [0.717, 1.165) is 6.54 Å². The van der Waals surface area contributed by atoms with Gasteiger partial charge in [0.15, 0.2) is 0 Å². The Morgan fingerprint density at radius 2 is 2.57 bits per heavy atom. The SMILES string of the molecule is O=C1C=CC[NH2+]C1. The van der Waals surface area contributed by atoms with E-state index in [-0.39, 0.29) is 5.78 Å². The fourth-order valence-corrected chi connectivity index (χ4v) is 0.589. The molecule has 0 radical (unpaired) electrons. The van der Waals surface area contributed by atoms with Gasteiger partial charge in [0.2, 0.25) is 5.78 Å². The van der Waals surface area contributed by atoms with Crippen LogP contribution in [0.4, 0.5) is 0 Å². The highest BCUT2D eigenvalue weighted by Crippen LogP contribution is 1.73. The van der Waals surface area contributed by atoms with Crippen molar-refractivity contribution in [2.75, 3.05) is 13.1 Å². The van der Waals surface area contributed by atoms with E-state index in [1.165, 1.54) is 0 Å². The molecule has 0 atom stereocenters. The molecule has 0 aromatic rings. The molecule has 0 saturated heterocycles. The molecule has 0 bridgehead atoms. The lowest BCUT2D eigenvalue weighted by atomic mass is 10.3. The minimum atomic E-state index is 0.228. The van der Waals surface area contributed by atoms with E-state index in [0.29, 0.717) is 6.54 Å². The van der Waals surface area contributed by atoms with Crippen molar-refractivity contribution in [1.29, 1.82) is 0 Å². The minimum Gasteiger partial charge on any atom is -0.337 e. The third kappa shape index (κ3) is 1.12. The fourth-order valence-electron chi connectivity index (χ4n) is 0.589. The van der Waals surface area contributed by atoms with Crippen LogP contribution in [0.25, 0.3) is 0 Å². The zero-order chi connectivity index (χ0) is 5.11. The Morgan fingerprint density at radius 3 is 2.86 bits per heavy atom. The zero-order valence-corrected chi connectivity index (χ0v) is 4.05. The van der Waals surface area contributed by atoms with Gasteiger partial charge in [-0.1, -0.05) is 0 Å². The largest absolute Gasteiger partial charge is 0.337 e. The molecule has 0 saturated carbocycles. The molecule has 0 fully saturated rings. The van der Waals surface area contributed by atoms with Gasteiger partial charge in [0.1, 0.15) is 6.54 Å². The Kier molecular flexibility index (Phi) is 1.22. The van der Waals surface area contributed by atoms with Crippen molar-refractivity contribution in [3.8, 4) is 0 Å². The van der Waals surface area contributed by atoms with Crippen LogP contribution in [0.5, 0.6) is 0 Å². The molecule has 0 aliphatic carbocycles. The Balaban J connectivity index is 2.51. The van der Waals surface area contributed by atoms with Gasteiger partial charge >= 0.3 is 0 Å². The maximum absolute atomic E-state index is 10.3. The zero-order valence-electron chi connectivity index (χ0n) is 4.05. The molecule has 1 rings (SSSR count). The summed E-state index contributed by atoms with van der Waals surface area (Å²) in [6.07, 6.45) is 3.52. The first-order valence-electron chi connectivity index (χ1n) is 2.40. The number of rotatable bonds is 0. The van der Waals surface area contributed by atoms with Crippen LogP contribution in [-0.4, -0.2) is 18.9 Å². The highest BCUT2D eigenvalue weighted by molar-refractivity contribution is 5.90. The summed E-state index contributed by atoms with van der Waals surface area (Å²) in [6, 6.07) is 0. The summed E-state index contributed by atoms with van der Waals surface area (Å²) in [6.45, 7) is 1.60. The minimum absolute atomic E-state index is 0.228. The topological polar surface area (TPSA) is 33.7 Å². The average molecular weight is 98.1 g/mol. The van der Waals surface area contributed by atoms with Gasteiger partial charge in [-0.3, -0.25) is 4.79 Å². The van der Waals surface area contributed by atoms with Crippen molar-refractivity contribution in [2.24, 2.45) is 0 Å². The van der Waals surface area contributed by atoms with Gasteiger partial charge in [0, 0.05) is 0 Å². The highest BCUT2D eigenvalue weighted by Gasteiger charge is 2.00. The molecule has 1 aliphatic heterocycles. The Labute approximate surface area is 42.2 Å². The number of carbonyl (C=O) groups is 1. The molecule has 38 valence electrons. The maximum Gasteiger partial charge on any atom is 0.209 e. The second kappa shape index (κ2) is 1.89.